The van der Waals surface area contributed by atoms with Gasteiger partial charge in [-0.1, -0.05) is 29.8 Å². The van der Waals surface area contributed by atoms with E-state index in [1.54, 1.807) is 6.07 Å². The zero-order valence-corrected chi connectivity index (χ0v) is 15.0. The van der Waals surface area contributed by atoms with Gasteiger partial charge in [0.25, 0.3) is 5.91 Å². The second-order valence-corrected chi connectivity index (χ2v) is 6.14. The number of nitrogens with zero attached hydrogens (tertiary/aromatic N) is 3. The molecule has 1 heterocycles. The number of benzene rings is 1. The molecule has 2 aromatic rings. The molecule has 0 aliphatic carbocycles. The van der Waals surface area contributed by atoms with Gasteiger partial charge in [-0.3, -0.25) is 4.79 Å². The van der Waals surface area contributed by atoms with Crippen molar-refractivity contribution in [2.45, 2.75) is 26.7 Å². The van der Waals surface area contributed by atoms with Gasteiger partial charge in [0, 0.05) is 23.2 Å². The van der Waals surface area contributed by atoms with Gasteiger partial charge in [0.05, 0.1) is 0 Å². The highest BCUT2D eigenvalue weighted by molar-refractivity contribution is 9.10. The Morgan fingerprint density at radius 1 is 1.04 bits per heavy atom. The highest BCUT2D eigenvalue weighted by Gasteiger charge is 2.11. The Morgan fingerprint density at radius 2 is 1.70 bits per heavy atom. The van der Waals surface area contributed by atoms with Gasteiger partial charge in [0.2, 0.25) is 0 Å². The summed E-state index contributed by atoms with van der Waals surface area (Å²) < 4.78 is 0.964. The average Bonchev–Trinajstić information content (AvgIpc) is 2.57. The number of hydrogen-bond donors (Lipinski definition) is 1. The van der Waals surface area contributed by atoms with Crippen molar-refractivity contribution in [1.82, 2.24) is 10.2 Å². The van der Waals surface area contributed by atoms with E-state index in [-0.39, 0.29) is 5.91 Å². The predicted octanol–water partition coefficient (Wildman–Crippen LogP) is 4.12. The third-order valence-electron chi connectivity index (χ3n) is 3.30. The summed E-state index contributed by atoms with van der Waals surface area (Å²) in [6.07, 6.45) is 2.10. The predicted molar refractivity (Wildman–Crippen MR) is 96.9 cm³/mol. The average molecular weight is 377 g/mol. The van der Waals surface area contributed by atoms with Crippen LogP contribution in [0.2, 0.25) is 0 Å². The van der Waals surface area contributed by atoms with E-state index < -0.39 is 0 Å². The van der Waals surface area contributed by atoms with Crippen LogP contribution in [0.5, 0.6) is 0 Å². The smallest absolute Gasteiger partial charge is 0.276 e. The van der Waals surface area contributed by atoms with E-state index in [0.29, 0.717) is 5.69 Å². The molecular weight excluding hydrogens is 356 g/mol. The Kier molecular flexibility index (Phi) is 6.52. The van der Waals surface area contributed by atoms with E-state index in [2.05, 4.69) is 50.2 Å². The molecule has 122 valence electrons. The monoisotopic (exact) mass is 376 g/mol. The quantitative estimate of drug-likeness (QED) is 0.789. The Bertz CT molecular complexity index is 622. The maximum absolute atomic E-state index is 12.2. The molecule has 0 bridgehead atoms. The van der Waals surface area contributed by atoms with Gasteiger partial charge < -0.3 is 10.2 Å². The molecule has 1 N–H and O–H groups in total. The molecule has 0 unspecified atom stereocenters. The summed E-state index contributed by atoms with van der Waals surface area (Å²) in [6.45, 7) is 6.14. The van der Waals surface area contributed by atoms with Crippen molar-refractivity contribution < 1.29 is 4.79 Å². The first-order valence-electron chi connectivity index (χ1n) is 7.79. The standard InChI is InChI=1S/C17H21BrN4O/c1-3-11-22(12-4-2)16-10-9-15(20-21-16)17(23)19-14-7-5-13(18)6-8-14/h5-10H,3-4,11-12H2,1-2H3,(H,19,23). The van der Waals surface area contributed by atoms with Gasteiger partial charge >= 0.3 is 0 Å². The number of aromatic nitrogens is 2. The first-order chi connectivity index (χ1) is 11.1. The van der Waals surface area contributed by atoms with E-state index in [1.807, 2.05) is 30.3 Å². The second kappa shape index (κ2) is 8.62. The van der Waals surface area contributed by atoms with Crippen LogP contribution in [0.3, 0.4) is 0 Å². The number of amides is 1. The third kappa shape index (κ3) is 5.03. The van der Waals surface area contributed by atoms with Crippen LogP contribution < -0.4 is 10.2 Å². The van der Waals surface area contributed by atoms with E-state index >= 15 is 0 Å². The zero-order valence-electron chi connectivity index (χ0n) is 13.4. The molecule has 0 aliphatic rings. The second-order valence-electron chi connectivity index (χ2n) is 5.22. The van der Waals surface area contributed by atoms with Crippen LogP contribution >= 0.6 is 15.9 Å². The van der Waals surface area contributed by atoms with Crippen molar-refractivity contribution in [3.8, 4) is 0 Å². The molecule has 0 saturated carbocycles. The third-order valence-corrected chi connectivity index (χ3v) is 3.82. The summed E-state index contributed by atoms with van der Waals surface area (Å²) in [7, 11) is 0. The molecule has 1 aromatic heterocycles. The highest BCUT2D eigenvalue weighted by atomic mass is 79.9. The van der Waals surface area contributed by atoms with Gasteiger partial charge in [0.1, 0.15) is 0 Å². The molecule has 23 heavy (non-hydrogen) atoms. The molecule has 0 atom stereocenters. The topological polar surface area (TPSA) is 58.1 Å². The normalized spacial score (nSPS) is 10.4. The van der Waals surface area contributed by atoms with Gasteiger partial charge in [-0.05, 0) is 49.2 Å². The van der Waals surface area contributed by atoms with Gasteiger partial charge in [-0.15, -0.1) is 10.2 Å². The summed E-state index contributed by atoms with van der Waals surface area (Å²) in [5.74, 6) is 0.554. The SMILES string of the molecule is CCCN(CCC)c1ccc(C(=O)Nc2ccc(Br)cc2)nn1. The number of hydrogen-bond acceptors (Lipinski definition) is 4. The molecule has 5 nitrogen and oxygen atoms in total. The van der Waals surface area contributed by atoms with Crippen molar-refractivity contribution in [2.24, 2.45) is 0 Å². The number of halogens is 1. The summed E-state index contributed by atoms with van der Waals surface area (Å²) in [4.78, 5) is 14.4. The Hall–Kier alpha value is -1.95. The van der Waals surface area contributed by atoms with Crippen molar-refractivity contribution in [3.05, 3.63) is 46.6 Å². The van der Waals surface area contributed by atoms with Crippen molar-refractivity contribution in [3.63, 3.8) is 0 Å². The van der Waals surface area contributed by atoms with Crippen LogP contribution in [-0.2, 0) is 0 Å². The fraction of sp³-hybridized carbons (Fsp3) is 0.353. The Labute approximate surface area is 145 Å². The van der Waals surface area contributed by atoms with Crippen molar-refractivity contribution in [1.29, 1.82) is 0 Å². The number of carbonyl (C=O) groups excluding carboxylic acids is 1. The van der Waals surface area contributed by atoms with E-state index in [0.717, 1.165) is 41.9 Å². The van der Waals surface area contributed by atoms with Crippen LogP contribution in [0, 0.1) is 0 Å². The first kappa shape index (κ1) is 17.4. The molecule has 0 radical (unpaired) electrons. The highest BCUT2D eigenvalue weighted by Crippen LogP contribution is 2.15. The molecule has 0 saturated heterocycles. The minimum absolute atomic E-state index is 0.260. The summed E-state index contributed by atoms with van der Waals surface area (Å²) >= 11 is 3.36. The van der Waals surface area contributed by atoms with Crippen molar-refractivity contribution >= 4 is 33.3 Å². The Balaban J connectivity index is 2.05. The number of anilines is 2. The summed E-state index contributed by atoms with van der Waals surface area (Å²) in [5.41, 5.74) is 1.03. The summed E-state index contributed by atoms with van der Waals surface area (Å²) in [6, 6.07) is 11.0. The minimum Gasteiger partial charge on any atom is -0.355 e. The first-order valence-corrected chi connectivity index (χ1v) is 8.59. The van der Waals surface area contributed by atoms with Crippen molar-refractivity contribution in [2.75, 3.05) is 23.3 Å². The van der Waals surface area contributed by atoms with E-state index in [9.17, 15) is 4.79 Å². The van der Waals surface area contributed by atoms with E-state index in [4.69, 9.17) is 0 Å². The van der Waals surface area contributed by atoms with Crippen LogP contribution in [0.25, 0.3) is 0 Å². The number of carbonyl (C=O) groups is 1. The largest absolute Gasteiger partial charge is 0.355 e. The number of nitrogens with one attached hydrogen (secondary N) is 1. The minimum atomic E-state index is -0.260. The molecule has 2 rings (SSSR count). The molecular formula is C17H21BrN4O. The molecule has 1 aromatic carbocycles. The van der Waals surface area contributed by atoms with Crippen LogP contribution in [0.4, 0.5) is 11.5 Å². The number of rotatable bonds is 7. The molecule has 0 fully saturated rings. The maximum Gasteiger partial charge on any atom is 0.276 e. The van der Waals surface area contributed by atoms with Gasteiger partial charge in [-0.25, -0.2) is 0 Å². The lowest BCUT2D eigenvalue weighted by Gasteiger charge is -2.21. The lowest BCUT2D eigenvalue weighted by atomic mass is 10.3. The zero-order chi connectivity index (χ0) is 16.7. The molecule has 1 amide bonds. The molecule has 0 spiro atoms. The van der Waals surface area contributed by atoms with E-state index in [1.165, 1.54) is 0 Å². The fourth-order valence-corrected chi connectivity index (χ4v) is 2.49. The maximum atomic E-state index is 12.2. The molecule has 6 heteroatoms. The van der Waals surface area contributed by atoms with Gasteiger partial charge in [-0.2, -0.15) is 0 Å². The summed E-state index contributed by atoms with van der Waals surface area (Å²) in [5, 5.41) is 11.1. The molecule has 0 aliphatic heterocycles. The lowest BCUT2D eigenvalue weighted by Crippen LogP contribution is -2.26. The van der Waals surface area contributed by atoms with Crippen LogP contribution in [-0.4, -0.2) is 29.2 Å². The van der Waals surface area contributed by atoms with Crippen LogP contribution in [0.1, 0.15) is 37.2 Å². The lowest BCUT2D eigenvalue weighted by molar-refractivity contribution is 0.102. The Morgan fingerprint density at radius 3 is 2.22 bits per heavy atom. The fourth-order valence-electron chi connectivity index (χ4n) is 2.22. The van der Waals surface area contributed by atoms with Gasteiger partial charge in [0.15, 0.2) is 11.5 Å². The van der Waals surface area contributed by atoms with Crippen LogP contribution in [0.15, 0.2) is 40.9 Å².